The fraction of sp³-hybridized carbons (Fsp3) is 0.550. The Kier molecular flexibility index (Phi) is 5.85. The zero-order valence-electron chi connectivity index (χ0n) is 14.4. The Morgan fingerprint density at radius 3 is 2.65 bits per heavy atom. The zero-order chi connectivity index (χ0) is 16.9. The summed E-state index contributed by atoms with van der Waals surface area (Å²) in [6, 6.07) is 7.78. The Balaban J connectivity index is 2.06. The van der Waals surface area contributed by atoms with E-state index in [9.17, 15) is 9.90 Å². The fourth-order valence-electron chi connectivity index (χ4n) is 2.93. The van der Waals surface area contributed by atoms with Gasteiger partial charge in [0.2, 0.25) is 0 Å². The van der Waals surface area contributed by atoms with Crippen LogP contribution in [0.15, 0.2) is 24.3 Å². The molecule has 1 amide bonds. The van der Waals surface area contributed by atoms with Crippen LogP contribution in [0.3, 0.4) is 0 Å². The highest BCUT2D eigenvalue weighted by Gasteiger charge is 2.28. The molecule has 1 unspecified atom stereocenters. The molecule has 1 aliphatic rings. The maximum Gasteiger partial charge on any atom is 0.254 e. The lowest BCUT2D eigenvalue weighted by molar-refractivity contribution is 0.0729. The van der Waals surface area contributed by atoms with E-state index in [2.05, 4.69) is 18.8 Å². The van der Waals surface area contributed by atoms with Crippen LogP contribution >= 0.6 is 0 Å². The molecule has 0 saturated carbocycles. The number of rotatable bonds is 4. The quantitative estimate of drug-likeness (QED) is 0.863. The number of likely N-dealkylation sites (tertiary alicyclic amines) is 1. The topological polar surface area (TPSA) is 40.5 Å². The summed E-state index contributed by atoms with van der Waals surface area (Å²) in [6.07, 6.45) is 5.69. The van der Waals surface area contributed by atoms with E-state index < -0.39 is 5.60 Å². The van der Waals surface area contributed by atoms with Crippen molar-refractivity contribution >= 4 is 5.91 Å². The second-order valence-electron chi connectivity index (χ2n) is 6.82. The zero-order valence-corrected chi connectivity index (χ0v) is 14.4. The van der Waals surface area contributed by atoms with Crippen LogP contribution in [0.2, 0.25) is 0 Å². The number of hydrogen-bond acceptors (Lipinski definition) is 2. The molecule has 0 spiro atoms. The normalized spacial score (nSPS) is 17.7. The molecule has 1 aromatic carbocycles. The summed E-state index contributed by atoms with van der Waals surface area (Å²) < 4.78 is 0. The SMILES string of the molecule is CCCCC1CCCN1C(=O)c1ccc(C#CC(C)(C)O)cc1. The minimum atomic E-state index is -1.00. The number of benzene rings is 1. The highest BCUT2D eigenvalue weighted by Crippen LogP contribution is 2.24. The molecule has 1 fully saturated rings. The molecule has 1 saturated heterocycles. The minimum absolute atomic E-state index is 0.130. The van der Waals surface area contributed by atoms with E-state index in [0.717, 1.165) is 36.9 Å². The van der Waals surface area contributed by atoms with Crippen LogP contribution in [0.1, 0.15) is 68.8 Å². The molecular formula is C20H27NO2. The van der Waals surface area contributed by atoms with Crippen LogP contribution < -0.4 is 0 Å². The molecule has 3 nitrogen and oxygen atoms in total. The van der Waals surface area contributed by atoms with E-state index in [-0.39, 0.29) is 5.91 Å². The highest BCUT2D eigenvalue weighted by molar-refractivity contribution is 5.94. The molecule has 124 valence electrons. The Morgan fingerprint density at radius 1 is 1.35 bits per heavy atom. The van der Waals surface area contributed by atoms with Crippen molar-refractivity contribution in [2.75, 3.05) is 6.54 Å². The summed E-state index contributed by atoms with van der Waals surface area (Å²) in [6.45, 7) is 6.37. The number of carbonyl (C=O) groups is 1. The molecule has 1 heterocycles. The lowest BCUT2D eigenvalue weighted by Crippen LogP contribution is -2.35. The van der Waals surface area contributed by atoms with Crippen molar-refractivity contribution in [3.8, 4) is 11.8 Å². The number of hydrogen-bond donors (Lipinski definition) is 1. The lowest BCUT2D eigenvalue weighted by Gasteiger charge is -2.24. The van der Waals surface area contributed by atoms with Gasteiger partial charge < -0.3 is 10.0 Å². The van der Waals surface area contributed by atoms with Crippen LogP contribution in [0.5, 0.6) is 0 Å². The maximum atomic E-state index is 12.7. The second kappa shape index (κ2) is 7.66. The molecule has 0 aliphatic carbocycles. The van der Waals surface area contributed by atoms with Gasteiger partial charge in [0.25, 0.3) is 5.91 Å². The van der Waals surface area contributed by atoms with E-state index in [1.54, 1.807) is 13.8 Å². The fourth-order valence-corrected chi connectivity index (χ4v) is 2.93. The summed E-state index contributed by atoms with van der Waals surface area (Å²) in [5.41, 5.74) is 0.533. The van der Waals surface area contributed by atoms with Crippen LogP contribution in [0.4, 0.5) is 0 Å². The highest BCUT2D eigenvalue weighted by atomic mass is 16.3. The predicted molar refractivity (Wildman–Crippen MR) is 93.2 cm³/mol. The molecule has 1 N–H and O–H groups in total. The van der Waals surface area contributed by atoms with Gasteiger partial charge in [-0.05, 0) is 57.4 Å². The Morgan fingerprint density at radius 2 is 2.04 bits per heavy atom. The first-order valence-electron chi connectivity index (χ1n) is 8.57. The van der Waals surface area contributed by atoms with E-state index >= 15 is 0 Å². The third kappa shape index (κ3) is 5.11. The molecule has 0 aromatic heterocycles. The van der Waals surface area contributed by atoms with Crippen molar-refractivity contribution in [1.29, 1.82) is 0 Å². The van der Waals surface area contributed by atoms with E-state index in [1.165, 1.54) is 12.8 Å². The number of nitrogens with zero attached hydrogens (tertiary/aromatic N) is 1. The number of carbonyl (C=O) groups excluding carboxylic acids is 1. The van der Waals surface area contributed by atoms with Gasteiger partial charge in [-0.2, -0.15) is 0 Å². The van der Waals surface area contributed by atoms with Crippen molar-refractivity contribution in [2.45, 2.75) is 64.5 Å². The molecule has 1 aromatic rings. The largest absolute Gasteiger partial charge is 0.378 e. The molecular weight excluding hydrogens is 286 g/mol. The van der Waals surface area contributed by atoms with Gasteiger partial charge in [0.05, 0.1) is 0 Å². The first-order chi connectivity index (χ1) is 10.9. The molecule has 3 heteroatoms. The molecule has 1 aliphatic heterocycles. The average Bonchev–Trinajstić information content (AvgIpc) is 2.98. The first-order valence-corrected chi connectivity index (χ1v) is 8.57. The van der Waals surface area contributed by atoms with Crippen molar-refractivity contribution in [1.82, 2.24) is 4.90 Å². The van der Waals surface area contributed by atoms with Gasteiger partial charge in [-0.25, -0.2) is 0 Å². The average molecular weight is 313 g/mol. The van der Waals surface area contributed by atoms with Gasteiger partial charge in [-0.1, -0.05) is 31.6 Å². The van der Waals surface area contributed by atoms with Crippen molar-refractivity contribution < 1.29 is 9.90 Å². The monoisotopic (exact) mass is 313 g/mol. The summed E-state index contributed by atoms with van der Waals surface area (Å²) in [4.78, 5) is 14.7. The van der Waals surface area contributed by atoms with E-state index in [1.807, 2.05) is 29.2 Å². The molecule has 0 radical (unpaired) electrons. The van der Waals surface area contributed by atoms with E-state index in [4.69, 9.17) is 0 Å². The van der Waals surface area contributed by atoms with E-state index in [0.29, 0.717) is 6.04 Å². The standard InChI is InChI=1S/C20H27NO2/c1-4-5-7-18-8-6-15-21(18)19(22)17-11-9-16(10-12-17)13-14-20(2,3)23/h9-12,18,23H,4-8,15H2,1-3H3. The molecule has 1 atom stereocenters. The van der Waals surface area contributed by atoms with Crippen LogP contribution in [-0.2, 0) is 0 Å². The predicted octanol–water partition coefficient (Wildman–Crippen LogP) is 3.60. The number of amides is 1. The summed E-state index contributed by atoms with van der Waals surface area (Å²) in [5, 5.41) is 9.63. The maximum absolute atomic E-state index is 12.7. The van der Waals surface area contributed by atoms with Gasteiger partial charge >= 0.3 is 0 Å². The van der Waals surface area contributed by atoms with Crippen LogP contribution in [-0.4, -0.2) is 34.1 Å². The van der Waals surface area contributed by atoms with Gasteiger partial charge in [0.15, 0.2) is 0 Å². The smallest absolute Gasteiger partial charge is 0.254 e. The van der Waals surface area contributed by atoms with Gasteiger partial charge in [-0.3, -0.25) is 4.79 Å². The van der Waals surface area contributed by atoms with Crippen molar-refractivity contribution in [3.05, 3.63) is 35.4 Å². The Hall–Kier alpha value is -1.79. The molecule has 0 bridgehead atoms. The number of aliphatic hydroxyl groups is 1. The van der Waals surface area contributed by atoms with Gasteiger partial charge in [0.1, 0.15) is 5.60 Å². The lowest BCUT2D eigenvalue weighted by atomic mass is 10.1. The summed E-state index contributed by atoms with van der Waals surface area (Å²) in [5.74, 6) is 5.84. The third-order valence-corrected chi connectivity index (χ3v) is 4.17. The van der Waals surface area contributed by atoms with Gasteiger partial charge in [-0.15, -0.1) is 0 Å². The Bertz CT molecular complexity index is 587. The molecule has 23 heavy (non-hydrogen) atoms. The van der Waals surface area contributed by atoms with Crippen LogP contribution in [0, 0.1) is 11.8 Å². The third-order valence-electron chi connectivity index (χ3n) is 4.17. The summed E-state index contributed by atoms with van der Waals surface area (Å²) >= 11 is 0. The van der Waals surface area contributed by atoms with Crippen molar-refractivity contribution in [2.24, 2.45) is 0 Å². The number of unbranched alkanes of at least 4 members (excludes halogenated alkanes) is 1. The van der Waals surface area contributed by atoms with Crippen molar-refractivity contribution in [3.63, 3.8) is 0 Å². The minimum Gasteiger partial charge on any atom is -0.378 e. The second-order valence-corrected chi connectivity index (χ2v) is 6.82. The van der Waals surface area contributed by atoms with Crippen LogP contribution in [0.25, 0.3) is 0 Å². The first kappa shape index (κ1) is 17.6. The molecule has 2 rings (SSSR count). The summed E-state index contributed by atoms with van der Waals surface area (Å²) in [7, 11) is 0. The Labute approximate surface area is 139 Å². The van der Waals surface area contributed by atoms with Gasteiger partial charge in [0, 0.05) is 23.7 Å².